The molecule has 4 heterocycles. The standard InChI is InChI=1S/C15H24N2S/c18-15-6-3-5-14-11-8-12(10-17(14)15)13-4-1-2-7-16(13)9-11/h11-14H,1-10H2/t11-,12-,13+,14-/m1/s1. The maximum absolute atomic E-state index is 5.64. The molecular formula is C15H24N2S. The fourth-order valence-corrected chi connectivity index (χ4v) is 5.46. The monoisotopic (exact) mass is 264 g/mol. The van der Waals surface area contributed by atoms with Gasteiger partial charge in [-0.1, -0.05) is 18.6 Å². The molecule has 0 saturated carbocycles. The van der Waals surface area contributed by atoms with E-state index in [-0.39, 0.29) is 0 Å². The summed E-state index contributed by atoms with van der Waals surface area (Å²) >= 11 is 5.64. The Labute approximate surface area is 116 Å². The van der Waals surface area contributed by atoms with Crippen LogP contribution in [-0.4, -0.2) is 46.5 Å². The summed E-state index contributed by atoms with van der Waals surface area (Å²) in [4.78, 5) is 6.76. The quantitative estimate of drug-likeness (QED) is 0.621. The average Bonchev–Trinajstić information content (AvgIpc) is 2.40. The van der Waals surface area contributed by atoms with Crippen LogP contribution in [0.2, 0.25) is 0 Å². The molecule has 0 unspecified atom stereocenters. The van der Waals surface area contributed by atoms with Gasteiger partial charge in [0.05, 0.1) is 4.99 Å². The fourth-order valence-electron chi connectivity index (χ4n) is 5.10. The number of nitrogens with zero attached hydrogens (tertiary/aromatic N) is 2. The molecule has 0 aromatic carbocycles. The van der Waals surface area contributed by atoms with E-state index in [9.17, 15) is 0 Å². The number of thiocarbonyl (C=S) groups is 1. The van der Waals surface area contributed by atoms with Gasteiger partial charge in [-0.05, 0) is 56.9 Å². The number of hydrogen-bond acceptors (Lipinski definition) is 2. The van der Waals surface area contributed by atoms with Gasteiger partial charge in [0.1, 0.15) is 0 Å². The van der Waals surface area contributed by atoms with Crippen LogP contribution in [0.1, 0.15) is 44.9 Å². The van der Waals surface area contributed by atoms with E-state index >= 15 is 0 Å². The first-order chi connectivity index (χ1) is 8.83. The van der Waals surface area contributed by atoms with Gasteiger partial charge in [-0.25, -0.2) is 0 Å². The largest absolute Gasteiger partial charge is 0.363 e. The van der Waals surface area contributed by atoms with Crippen LogP contribution in [0.3, 0.4) is 0 Å². The van der Waals surface area contributed by atoms with Crippen LogP contribution in [0, 0.1) is 11.8 Å². The lowest BCUT2D eigenvalue weighted by Gasteiger charge is -2.57. The smallest absolute Gasteiger partial charge is 0.0782 e. The number of rotatable bonds is 0. The molecule has 4 fully saturated rings. The van der Waals surface area contributed by atoms with Crippen molar-refractivity contribution in [3.05, 3.63) is 0 Å². The van der Waals surface area contributed by atoms with E-state index in [1.807, 2.05) is 0 Å². The molecule has 18 heavy (non-hydrogen) atoms. The van der Waals surface area contributed by atoms with E-state index in [4.69, 9.17) is 12.2 Å². The highest BCUT2D eigenvalue weighted by Crippen LogP contribution is 2.43. The van der Waals surface area contributed by atoms with Gasteiger partial charge >= 0.3 is 0 Å². The first kappa shape index (κ1) is 11.7. The van der Waals surface area contributed by atoms with Gasteiger partial charge in [0.25, 0.3) is 0 Å². The van der Waals surface area contributed by atoms with E-state index in [2.05, 4.69) is 9.80 Å². The van der Waals surface area contributed by atoms with Gasteiger partial charge in [0.2, 0.25) is 0 Å². The van der Waals surface area contributed by atoms with Crippen molar-refractivity contribution >= 4 is 17.2 Å². The highest BCUT2D eigenvalue weighted by atomic mass is 32.1. The maximum Gasteiger partial charge on any atom is 0.0782 e. The molecule has 3 heteroatoms. The zero-order chi connectivity index (χ0) is 12.1. The van der Waals surface area contributed by atoms with Crippen LogP contribution in [0.4, 0.5) is 0 Å². The molecule has 0 N–H and O–H groups in total. The summed E-state index contributed by atoms with van der Waals surface area (Å²) in [5, 5.41) is 0. The Hall–Kier alpha value is -0.150. The van der Waals surface area contributed by atoms with Gasteiger partial charge in [0.15, 0.2) is 0 Å². The van der Waals surface area contributed by atoms with Crippen LogP contribution >= 0.6 is 12.2 Å². The second kappa shape index (κ2) is 4.45. The summed E-state index contributed by atoms with van der Waals surface area (Å²) in [6.07, 6.45) is 9.74. The third-order valence-electron chi connectivity index (χ3n) is 5.87. The molecule has 100 valence electrons. The number of hydrogen-bond donors (Lipinski definition) is 0. The lowest BCUT2D eigenvalue weighted by Crippen LogP contribution is -2.64. The summed E-state index contributed by atoms with van der Waals surface area (Å²) in [6.45, 7) is 4.01. The van der Waals surface area contributed by atoms with Gasteiger partial charge in [-0.2, -0.15) is 0 Å². The molecule has 0 spiro atoms. The zero-order valence-electron chi connectivity index (χ0n) is 11.2. The van der Waals surface area contributed by atoms with E-state index in [1.165, 1.54) is 69.6 Å². The summed E-state index contributed by atoms with van der Waals surface area (Å²) in [6, 6.07) is 1.69. The minimum Gasteiger partial charge on any atom is -0.363 e. The van der Waals surface area contributed by atoms with Crippen LogP contribution in [-0.2, 0) is 0 Å². The second-order valence-electron chi connectivity index (χ2n) is 6.82. The second-order valence-corrected chi connectivity index (χ2v) is 7.29. The lowest BCUT2D eigenvalue weighted by molar-refractivity contribution is -0.0440. The summed E-state index contributed by atoms with van der Waals surface area (Å²) in [5.41, 5.74) is 0. The Morgan fingerprint density at radius 2 is 1.78 bits per heavy atom. The summed E-state index contributed by atoms with van der Waals surface area (Å²) in [7, 11) is 0. The van der Waals surface area contributed by atoms with Crippen molar-refractivity contribution in [1.29, 1.82) is 0 Å². The summed E-state index contributed by atoms with van der Waals surface area (Å²) in [5.74, 6) is 1.83. The summed E-state index contributed by atoms with van der Waals surface area (Å²) < 4.78 is 0. The predicted molar refractivity (Wildman–Crippen MR) is 77.8 cm³/mol. The first-order valence-corrected chi connectivity index (χ1v) is 8.27. The fraction of sp³-hybridized carbons (Fsp3) is 0.933. The molecule has 2 bridgehead atoms. The highest BCUT2D eigenvalue weighted by Gasteiger charge is 2.47. The van der Waals surface area contributed by atoms with E-state index in [0.29, 0.717) is 0 Å². The third kappa shape index (κ3) is 1.74. The zero-order valence-corrected chi connectivity index (χ0v) is 12.0. The van der Waals surface area contributed by atoms with Gasteiger partial charge < -0.3 is 4.90 Å². The normalized spacial score (nSPS) is 44.4. The van der Waals surface area contributed by atoms with Crippen LogP contribution in [0.15, 0.2) is 0 Å². The Morgan fingerprint density at radius 1 is 0.944 bits per heavy atom. The maximum atomic E-state index is 5.64. The molecule has 0 aromatic rings. The lowest BCUT2D eigenvalue weighted by atomic mass is 9.71. The SMILES string of the molecule is S=C1CCC[C@@H]2[C@@H]3C[C@H](CN12)[C@@H]1CCCCN1C3. The van der Waals surface area contributed by atoms with Crippen molar-refractivity contribution in [2.75, 3.05) is 19.6 Å². The van der Waals surface area contributed by atoms with E-state index < -0.39 is 0 Å². The van der Waals surface area contributed by atoms with Crippen molar-refractivity contribution in [3.63, 3.8) is 0 Å². The Morgan fingerprint density at radius 3 is 2.72 bits per heavy atom. The molecule has 0 amide bonds. The molecule has 0 aliphatic carbocycles. The van der Waals surface area contributed by atoms with Crippen LogP contribution in [0.25, 0.3) is 0 Å². The highest BCUT2D eigenvalue weighted by molar-refractivity contribution is 7.80. The molecule has 4 rings (SSSR count). The predicted octanol–water partition coefficient (Wildman–Crippen LogP) is 2.67. The topological polar surface area (TPSA) is 6.48 Å². The number of piperidine rings is 4. The molecule has 4 aliphatic heterocycles. The van der Waals surface area contributed by atoms with Gasteiger partial charge in [0, 0.05) is 25.2 Å². The third-order valence-corrected chi connectivity index (χ3v) is 6.31. The molecule has 4 atom stereocenters. The van der Waals surface area contributed by atoms with E-state index in [1.54, 1.807) is 0 Å². The minimum atomic E-state index is 0.797. The van der Waals surface area contributed by atoms with Gasteiger partial charge in [-0.3, -0.25) is 4.90 Å². The number of fused-ring (bicyclic) bond motifs is 6. The Kier molecular flexibility index (Phi) is 2.88. The van der Waals surface area contributed by atoms with Crippen molar-refractivity contribution < 1.29 is 0 Å². The first-order valence-electron chi connectivity index (χ1n) is 7.86. The van der Waals surface area contributed by atoms with Crippen molar-refractivity contribution in [2.45, 2.75) is 57.0 Å². The molecule has 0 radical (unpaired) electrons. The Bertz CT molecular complexity index is 356. The minimum absolute atomic E-state index is 0.797. The molecular weight excluding hydrogens is 240 g/mol. The molecule has 2 nitrogen and oxygen atoms in total. The van der Waals surface area contributed by atoms with Crippen molar-refractivity contribution in [1.82, 2.24) is 9.80 Å². The molecule has 4 aliphatic rings. The van der Waals surface area contributed by atoms with Gasteiger partial charge in [-0.15, -0.1) is 0 Å². The van der Waals surface area contributed by atoms with Crippen LogP contribution < -0.4 is 0 Å². The average molecular weight is 264 g/mol. The Balaban J connectivity index is 1.59. The molecule has 0 aromatic heterocycles. The van der Waals surface area contributed by atoms with Crippen LogP contribution in [0.5, 0.6) is 0 Å². The van der Waals surface area contributed by atoms with E-state index in [0.717, 1.165) is 23.9 Å². The van der Waals surface area contributed by atoms with Crippen molar-refractivity contribution in [2.24, 2.45) is 11.8 Å². The molecule has 4 saturated heterocycles. The van der Waals surface area contributed by atoms with Crippen molar-refractivity contribution in [3.8, 4) is 0 Å².